The second-order valence-electron chi connectivity index (χ2n) is 4.61. The van der Waals surface area contributed by atoms with Crippen LogP contribution in [0.3, 0.4) is 0 Å². The molecule has 1 heterocycles. The SMILES string of the molecule is CN(CCCC(=O)O)Cc1nc(-c2ccccc2)no1. The number of aromatic nitrogens is 2. The number of carboxylic acids is 1. The first-order valence-electron chi connectivity index (χ1n) is 6.43. The summed E-state index contributed by atoms with van der Waals surface area (Å²) in [5.74, 6) is 0.323. The van der Waals surface area contributed by atoms with Crippen LogP contribution < -0.4 is 0 Å². The Bertz CT molecular complexity index is 554. The van der Waals surface area contributed by atoms with Crippen molar-refractivity contribution in [3.63, 3.8) is 0 Å². The number of benzene rings is 1. The first kappa shape index (κ1) is 14.2. The summed E-state index contributed by atoms with van der Waals surface area (Å²) in [7, 11) is 1.90. The minimum atomic E-state index is -0.775. The highest BCUT2D eigenvalue weighted by Gasteiger charge is 2.10. The largest absolute Gasteiger partial charge is 0.481 e. The van der Waals surface area contributed by atoms with E-state index in [1.165, 1.54) is 0 Å². The molecule has 0 saturated heterocycles. The lowest BCUT2D eigenvalue weighted by atomic mass is 10.2. The van der Waals surface area contributed by atoms with Crippen LogP contribution in [-0.4, -0.2) is 39.7 Å². The van der Waals surface area contributed by atoms with Gasteiger partial charge in [-0.3, -0.25) is 9.69 Å². The van der Waals surface area contributed by atoms with Gasteiger partial charge in [0.1, 0.15) is 0 Å². The average Bonchev–Trinajstić information content (AvgIpc) is 2.88. The number of carboxylic acid groups (broad SMARTS) is 1. The zero-order chi connectivity index (χ0) is 14.4. The van der Waals surface area contributed by atoms with Crippen molar-refractivity contribution in [2.45, 2.75) is 19.4 Å². The number of hydrogen-bond acceptors (Lipinski definition) is 5. The molecule has 6 nitrogen and oxygen atoms in total. The van der Waals surface area contributed by atoms with Crippen LogP contribution >= 0.6 is 0 Å². The molecule has 0 unspecified atom stereocenters. The first-order chi connectivity index (χ1) is 9.65. The van der Waals surface area contributed by atoms with E-state index in [1.54, 1.807) is 0 Å². The third kappa shape index (κ3) is 4.17. The highest BCUT2D eigenvalue weighted by molar-refractivity contribution is 5.66. The van der Waals surface area contributed by atoms with Crippen molar-refractivity contribution in [1.29, 1.82) is 0 Å². The molecular formula is C14H17N3O3. The van der Waals surface area contributed by atoms with Gasteiger partial charge in [-0.05, 0) is 20.0 Å². The number of nitrogens with zero attached hydrogens (tertiary/aromatic N) is 3. The van der Waals surface area contributed by atoms with Crippen LogP contribution in [0.2, 0.25) is 0 Å². The van der Waals surface area contributed by atoms with Gasteiger partial charge < -0.3 is 9.63 Å². The Morgan fingerprint density at radius 3 is 2.80 bits per heavy atom. The molecule has 0 aliphatic heterocycles. The molecule has 0 atom stereocenters. The third-order valence-corrected chi connectivity index (χ3v) is 2.84. The fourth-order valence-corrected chi connectivity index (χ4v) is 1.83. The van der Waals surface area contributed by atoms with Gasteiger partial charge in [0.2, 0.25) is 11.7 Å². The molecule has 0 aliphatic rings. The second kappa shape index (κ2) is 6.81. The van der Waals surface area contributed by atoms with Crippen LogP contribution in [0.25, 0.3) is 11.4 Å². The third-order valence-electron chi connectivity index (χ3n) is 2.84. The van der Waals surface area contributed by atoms with Crippen LogP contribution in [-0.2, 0) is 11.3 Å². The summed E-state index contributed by atoms with van der Waals surface area (Å²) in [6.07, 6.45) is 0.773. The number of aliphatic carboxylic acids is 1. The van der Waals surface area contributed by atoms with Crippen LogP contribution in [0.5, 0.6) is 0 Å². The Morgan fingerprint density at radius 1 is 1.35 bits per heavy atom. The van der Waals surface area contributed by atoms with Crippen molar-refractivity contribution < 1.29 is 14.4 Å². The van der Waals surface area contributed by atoms with E-state index in [0.29, 0.717) is 31.2 Å². The summed E-state index contributed by atoms with van der Waals surface area (Å²) in [6, 6.07) is 9.62. The molecular weight excluding hydrogens is 258 g/mol. The van der Waals surface area contributed by atoms with Gasteiger partial charge in [-0.25, -0.2) is 0 Å². The van der Waals surface area contributed by atoms with Gasteiger partial charge in [-0.1, -0.05) is 35.5 Å². The highest BCUT2D eigenvalue weighted by Crippen LogP contribution is 2.15. The summed E-state index contributed by atoms with van der Waals surface area (Å²) in [4.78, 5) is 16.7. The molecule has 0 radical (unpaired) electrons. The predicted molar refractivity (Wildman–Crippen MR) is 72.9 cm³/mol. The molecule has 0 spiro atoms. The van der Waals surface area contributed by atoms with Crippen LogP contribution in [0.4, 0.5) is 0 Å². The minimum absolute atomic E-state index is 0.170. The van der Waals surface area contributed by atoms with Gasteiger partial charge in [-0.2, -0.15) is 4.98 Å². The summed E-state index contributed by atoms with van der Waals surface area (Å²) in [5.41, 5.74) is 0.913. The Hall–Kier alpha value is -2.21. The van der Waals surface area contributed by atoms with Crippen molar-refractivity contribution in [3.05, 3.63) is 36.2 Å². The second-order valence-corrected chi connectivity index (χ2v) is 4.61. The van der Waals surface area contributed by atoms with Gasteiger partial charge in [-0.15, -0.1) is 0 Å². The molecule has 6 heteroatoms. The highest BCUT2D eigenvalue weighted by atomic mass is 16.5. The van der Waals surface area contributed by atoms with Gasteiger partial charge in [0.15, 0.2) is 0 Å². The topological polar surface area (TPSA) is 79.5 Å². The Morgan fingerprint density at radius 2 is 2.10 bits per heavy atom. The lowest BCUT2D eigenvalue weighted by Gasteiger charge is -2.12. The van der Waals surface area contributed by atoms with Crippen molar-refractivity contribution in [2.75, 3.05) is 13.6 Å². The quantitative estimate of drug-likeness (QED) is 0.833. The van der Waals surface area contributed by atoms with E-state index >= 15 is 0 Å². The summed E-state index contributed by atoms with van der Waals surface area (Å²) >= 11 is 0. The Labute approximate surface area is 117 Å². The molecule has 0 saturated carbocycles. The van der Waals surface area contributed by atoms with E-state index in [0.717, 1.165) is 5.56 Å². The van der Waals surface area contributed by atoms with Gasteiger partial charge in [0.05, 0.1) is 6.54 Å². The fourth-order valence-electron chi connectivity index (χ4n) is 1.83. The van der Waals surface area contributed by atoms with E-state index in [1.807, 2.05) is 42.3 Å². The molecule has 1 aromatic heterocycles. The van der Waals surface area contributed by atoms with E-state index in [9.17, 15) is 4.79 Å². The molecule has 20 heavy (non-hydrogen) atoms. The van der Waals surface area contributed by atoms with E-state index < -0.39 is 5.97 Å². The standard InChI is InChI=1S/C14H17N3O3/c1-17(9-5-8-13(18)19)10-12-15-14(16-20-12)11-6-3-2-4-7-11/h2-4,6-7H,5,8-10H2,1H3,(H,18,19). The Balaban J connectivity index is 1.88. The zero-order valence-electron chi connectivity index (χ0n) is 11.3. The molecule has 106 valence electrons. The van der Waals surface area contributed by atoms with Crippen LogP contribution in [0, 0.1) is 0 Å². The zero-order valence-corrected chi connectivity index (χ0v) is 11.3. The minimum Gasteiger partial charge on any atom is -0.481 e. The van der Waals surface area contributed by atoms with Crippen LogP contribution in [0.15, 0.2) is 34.9 Å². The summed E-state index contributed by atoms with van der Waals surface area (Å²) in [6.45, 7) is 1.19. The summed E-state index contributed by atoms with van der Waals surface area (Å²) in [5, 5.41) is 12.5. The lowest BCUT2D eigenvalue weighted by Crippen LogP contribution is -2.20. The maximum absolute atomic E-state index is 10.4. The number of rotatable bonds is 7. The molecule has 0 aliphatic carbocycles. The average molecular weight is 275 g/mol. The predicted octanol–water partition coefficient (Wildman–Crippen LogP) is 2.03. The Kier molecular flexibility index (Phi) is 4.84. The molecule has 0 bridgehead atoms. The molecule has 0 fully saturated rings. The molecule has 1 N–H and O–H groups in total. The van der Waals surface area contributed by atoms with E-state index in [-0.39, 0.29) is 6.42 Å². The summed E-state index contributed by atoms with van der Waals surface area (Å²) < 4.78 is 5.20. The van der Waals surface area contributed by atoms with E-state index in [2.05, 4.69) is 10.1 Å². The van der Waals surface area contributed by atoms with Crippen molar-refractivity contribution in [3.8, 4) is 11.4 Å². The maximum Gasteiger partial charge on any atom is 0.303 e. The molecule has 2 rings (SSSR count). The molecule has 0 amide bonds. The van der Waals surface area contributed by atoms with Crippen molar-refractivity contribution in [2.24, 2.45) is 0 Å². The maximum atomic E-state index is 10.4. The number of hydrogen-bond donors (Lipinski definition) is 1. The normalized spacial score (nSPS) is 10.9. The van der Waals surface area contributed by atoms with Crippen LogP contribution in [0.1, 0.15) is 18.7 Å². The monoisotopic (exact) mass is 275 g/mol. The van der Waals surface area contributed by atoms with Crippen molar-refractivity contribution >= 4 is 5.97 Å². The van der Waals surface area contributed by atoms with Gasteiger partial charge >= 0.3 is 5.97 Å². The fraction of sp³-hybridized carbons (Fsp3) is 0.357. The molecule has 1 aromatic carbocycles. The van der Waals surface area contributed by atoms with Gasteiger partial charge in [0.25, 0.3) is 0 Å². The van der Waals surface area contributed by atoms with Crippen molar-refractivity contribution in [1.82, 2.24) is 15.0 Å². The van der Waals surface area contributed by atoms with Gasteiger partial charge in [0, 0.05) is 12.0 Å². The number of carbonyl (C=O) groups is 1. The van der Waals surface area contributed by atoms with E-state index in [4.69, 9.17) is 9.63 Å². The first-order valence-corrected chi connectivity index (χ1v) is 6.43. The lowest BCUT2D eigenvalue weighted by molar-refractivity contribution is -0.137. The smallest absolute Gasteiger partial charge is 0.303 e. The molecule has 2 aromatic rings.